The zero-order chi connectivity index (χ0) is 21.6. The molecule has 1 aromatic carbocycles. The molecule has 1 aromatic heterocycles. The lowest BCUT2D eigenvalue weighted by Crippen LogP contribution is -2.39. The second-order valence-corrected chi connectivity index (χ2v) is 8.81. The molecule has 2 aromatic rings. The molecule has 2 fully saturated rings. The molecular formula is C24H32N4O3. The minimum absolute atomic E-state index is 0.0764. The average molecular weight is 425 g/mol. The highest BCUT2D eigenvalue weighted by atomic mass is 16.3. The van der Waals surface area contributed by atoms with Crippen LogP contribution in [-0.2, 0) is 11.3 Å². The third kappa shape index (κ3) is 5.73. The van der Waals surface area contributed by atoms with Gasteiger partial charge in [-0.3, -0.25) is 14.5 Å². The molecule has 166 valence electrons. The molecular weight excluding hydrogens is 392 g/mol. The van der Waals surface area contributed by atoms with Crippen molar-refractivity contribution in [3.05, 3.63) is 53.7 Å². The van der Waals surface area contributed by atoms with Crippen molar-refractivity contribution in [2.75, 3.05) is 26.2 Å². The summed E-state index contributed by atoms with van der Waals surface area (Å²) in [5.74, 6) is 0.911. The summed E-state index contributed by atoms with van der Waals surface area (Å²) in [5.41, 5.74) is 1.95. The Bertz CT molecular complexity index is 874. The normalized spacial score (nSPS) is 20.2. The molecule has 0 saturated carbocycles. The fourth-order valence-corrected chi connectivity index (χ4v) is 4.65. The molecule has 2 aliphatic rings. The fourth-order valence-electron chi connectivity index (χ4n) is 4.65. The van der Waals surface area contributed by atoms with Crippen molar-refractivity contribution in [2.45, 2.75) is 51.6 Å². The summed E-state index contributed by atoms with van der Waals surface area (Å²) >= 11 is 0. The second kappa shape index (κ2) is 10.1. The van der Waals surface area contributed by atoms with E-state index in [0.29, 0.717) is 36.9 Å². The van der Waals surface area contributed by atoms with Crippen molar-refractivity contribution in [3.63, 3.8) is 0 Å². The van der Waals surface area contributed by atoms with Gasteiger partial charge in [0.1, 0.15) is 0 Å². The van der Waals surface area contributed by atoms with Crippen LogP contribution < -0.4 is 5.32 Å². The number of amides is 2. The lowest BCUT2D eigenvalue weighted by Gasteiger charge is -2.31. The number of hydrogen-bond donors (Lipinski definition) is 1. The number of carbonyl (C=O) groups is 2. The summed E-state index contributed by atoms with van der Waals surface area (Å²) in [4.78, 5) is 33.2. The highest BCUT2D eigenvalue weighted by molar-refractivity contribution is 5.92. The summed E-state index contributed by atoms with van der Waals surface area (Å²) in [5, 5.41) is 3.22. The van der Waals surface area contributed by atoms with E-state index in [1.165, 1.54) is 12.0 Å². The van der Waals surface area contributed by atoms with Crippen LogP contribution in [0.4, 0.5) is 0 Å². The first-order valence-corrected chi connectivity index (χ1v) is 11.3. The van der Waals surface area contributed by atoms with Gasteiger partial charge in [-0.25, -0.2) is 4.98 Å². The van der Waals surface area contributed by atoms with E-state index in [-0.39, 0.29) is 17.9 Å². The summed E-state index contributed by atoms with van der Waals surface area (Å²) in [6.45, 7) is 6.09. The fraction of sp³-hybridized carbons (Fsp3) is 0.542. The molecule has 0 aliphatic carbocycles. The van der Waals surface area contributed by atoms with Gasteiger partial charge in [-0.1, -0.05) is 30.3 Å². The lowest BCUT2D eigenvalue weighted by atomic mass is 9.92. The number of aryl methyl sites for hydroxylation is 1. The molecule has 7 heteroatoms. The van der Waals surface area contributed by atoms with Crippen LogP contribution in [0, 0.1) is 12.8 Å². The topological polar surface area (TPSA) is 78.7 Å². The third-order valence-electron chi connectivity index (χ3n) is 6.51. The van der Waals surface area contributed by atoms with E-state index in [0.717, 1.165) is 45.3 Å². The predicted octanol–water partition coefficient (Wildman–Crippen LogP) is 3.01. The number of carbonyl (C=O) groups excluding carboxylic acids is 2. The van der Waals surface area contributed by atoms with Gasteiger partial charge in [0.05, 0.1) is 5.69 Å². The number of likely N-dealkylation sites (tertiary alicyclic amines) is 2. The quantitative estimate of drug-likeness (QED) is 0.739. The van der Waals surface area contributed by atoms with Gasteiger partial charge in [0.2, 0.25) is 11.7 Å². The summed E-state index contributed by atoms with van der Waals surface area (Å²) in [7, 11) is 0. The van der Waals surface area contributed by atoms with Gasteiger partial charge in [-0.15, -0.1) is 0 Å². The zero-order valence-electron chi connectivity index (χ0n) is 18.3. The number of rotatable bonds is 7. The Labute approximate surface area is 183 Å². The number of nitrogens with zero attached hydrogens (tertiary/aromatic N) is 3. The molecule has 0 bridgehead atoms. The van der Waals surface area contributed by atoms with Crippen LogP contribution in [-0.4, -0.2) is 58.8 Å². The number of benzene rings is 1. The van der Waals surface area contributed by atoms with E-state index in [9.17, 15) is 9.59 Å². The smallest absolute Gasteiger partial charge is 0.291 e. The van der Waals surface area contributed by atoms with Crippen LogP contribution in [0.3, 0.4) is 0 Å². The molecule has 2 aliphatic heterocycles. The third-order valence-corrected chi connectivity index (χ3v) is 6.51. The number of piperidine rings is 1. The van der Waals surface area contributed by atoms with Gasteiger partial charge < -0.3 is 14.6 Å². The first-order chi connectivity index (χ1) is 15.1. The van der Waals surface area contributed by atoms with Crippen LogP contribution >= 0.6 is 0 Å². The number of aromatic nitrogens is 1. The van der Waals surface area contributed by atoms with Gasteiger partial charge in [0, 0.05) is 45.2 Å². The molecule has 1 N–H and O–H groups in total. The molecule has 3 heterocycles. The predicted molar refractivity (Wildman–Crippen MR) is 117 cm³/mol. The molecule has 7 nitrogen and oxygen atoms in total. The van der Waals surface area contributed by atoms with Crippen LogP contribution in [0.1, 0.15) is 53.9 Å². The van der Waals surface area contributed by atoms with E-state index >= 15 is 0 Å². The van der Waals surface area contributed by atoms with Crippen molar-refractivity contribution >= 4 is 11.8 Å². The summed E-state index contributed by atoms with van der Waals surface area (Å²) < 4.78 is 5.23. The first-order valence-electron chi connectivity index (χ1n) is 11.3. The Morgan fingerprint density at radius 3 is 2.61 bits per heavy atom. The Balaban J connectivity index is 1.13. The van der Waals surface area contributed by atoms with Crippen molar-refractivity contribution < 1.29 is 14.0 Å². The second-order valence-electron chi connectivity index (χ2n) is 8.81. The van der Waals surface area contributed by atoms with Crippen molar-refractivity contribution in [3.8, 4) is 0 Å². The van der Waals surface area contributed by atoms with E-state index in [1.54, 1.807) is 6.92 Å². The molecule has 2 saturated heterocycles. The van der Waals surface area contributed by atoms with E-state index < -0.39 is 0 Å². The Kier molecular flexibility index (Phi) is 7.02. The van der Waals surface area contributed by atoms with Crippen LogP contribution in [0.25, 0.3) is 0 Å². The minimum atomic E-state index is -0.0764. The molecule has 0 spiro atoms. The van der Waals surface area contributed by atoms with Gasteiger partial charge in [-0.05, 0) is 44.1 Å². The van der Waals surface area contributed by atoms with E-state index in [2.05, 4.69) is 39.5 Å². The maximum absolute atomic E-state index is 12.5. The Hall–Kier alpha value is -2.67. The van der Waals surface area contributed by atoms with Crippen molar-refractivity contribution in [2.24, 2.45) is 5.92 Å². The Morgan fingerprint density at radius 1 is 1.13 bits per heavy atom. The molecule has 0 radical (unpaired) electrons. The van der Waals surface area contributed by atoms with Crippen molar-refractivity contribution in [1.82, 2.24) is 20.1 Å². The summed E-state index contributed by atoms with van der Waals surface area (Å²) in [6.07, 6.45) is 5.64. The molecule has 4 rings (SSSR count). The first kappa shape index (κ1) is 21.6. The van der Waals surface area contributed by atoms with Gasteiger partial charge in [0.25, 0.3) is 5.91 Å². The maximum Gasteiger partial charge on any atom is 0.291 e. The molecule has 31 heavy (non-hydrogen) atoms. The molecule has 2 amide bonds. The number of oxazole rings is 1. The molecule has 0 unspecified atom stereocenters. The monoisotopic (exact) mass is 424 g/mol. The van der Waals surface area contributed by atoms with Crippen molar-refractivity contribution in [1.29, 1.82) is 0 Å². The minimum Gasteiger partial charge on any atom is -0.438 e. The Morgan fingerprint density at radius 2 is 1.90 bits per heavy atom. The van der Waals surface area contributed by atoms with Gasteiger partial charge >= 0.3 is 0 Å². The number of hydrogen-bond acceptors (Lipinski definition) is 5. The van der Waals surface area contributed by atoms with Crippen LogP contribution in [0.2, 0.25) is 0 Å². The van der Waals surface area contributed by atoms with Gasteiger partial charge in [-0.2, -0.15) is 0 Å². The lowest BCUT2D eigenvalue weighted by molar-refractivity contribution is -0.122. The highest BCUT2D eigenvalue weighted by Gasteiger charge is 2.28. The van der Waals surface area contributed by atoms with E-state index in [1.807, 2.05) is 11.0 Å². The van der Waals surface area contributed by atoms with Crippen LogP contribution in [0.15, 0.2) is 41.1 Å². The average Bonchev–Trinajstić information content (AvgIpc) is 3.41. The molecule has 1 atom stereocenters. The van der Waals surface area contributed by atoms with E-state index in [4.69, 9.17) is 4.42 Å². The summed E-state index contributed by atoms with van der Waals surface area (Å²) in [6, 6.07) is 10.7. The number of nitrogens with one attached hydrogen (secondary N) is 1. The maximum atomic E-state index is 12.5. The zero-order valence-corrected chi connectivity index (χ0v) is 18.3. The standard InChI is InChI=1S/C24H32N4O3/c1-18-23(31-17-25-18)24(30)28-13-9-19(10-14-28)7-8-22(29)26-21-11-12-27(16-21)15-20-5-3-2-4-6-20/h2-6,17,19,21H,7-16H2,1H3,(H,26,29)/t21-/m1/s1. The van der Waals surface area contributed by atoms with Gasteiger partial charge in [0.15, 0.2) is 6.39 Å². The SMILES string of the molecule is Cc1ncoc1C(=O)N1CCC(CCC(=O)N[C@@H]2CCN(Cc3ccccc3)C2)CC1. The van der Waals surface area contributed by atoms with Crippen LogP contribution in [0.5, 0.6) is 0 Å². The highest BCUT2D eigenvalue weighted by Crippen LogP contribution is 2.24. The largest absolute Gasteiger partial charge is 0.438 e.